The summed E-state index contributed by atoms with van der Waals surface area (Å²) in [6, 6.07) is 8.63. The molecule has 0 saturated heterocycles. The van der Waals surface area contributed by atoms with E-state index in [0.717, 1.165) is 42.9 Å². The van der Waals surface area contributed by atoms with Gasteiger partial charge in [0.05, 0.1) is 25.2 Å². The lowest BCUT2D eigenvalue weighted by molar-refractivity contribution is 0.297. The molecule has 20 heavy (non-hydrogen) atoms. The van der Waals surface area contributed by atoms with Crippen molar-refractivity contribution >= 4 is 5.69 Å². The molecule has 0 bridgehead atoms. The van der Waals surface area contributed by atoms with E-state index in [-0.39, 0.29) is 12.0 Å². The third-order valence-electron chi connectivity index (χ3n) is 4.03. The van der Waals surface area contributed by atoms with E-state index < -0.39 is 0 Å². The first-order valence-electron chi connectivity index (χ1n) is 7.42. The summed E-state index contributed by atoms with van der Waals surface area (Å²) in [5.41, 5.74) is 1.02. The Labute approximate surface area is 119 Å². The summed E-state index contributed by atoms with van der Waals surface area (Å²) in [4.78, 5) is 0. The summed E-state index contributed by atoms with van der Waals surface area (Å²) in [5, 5.41) is 12.7. The summed E-state index contributed by atoms with van der Waals surface area (Å²) in [6.07, 6.45) is 5.33. The van der Waals surface area contributed by atoms with Crippen molar-refractivity contribution in [2.45, 2.75) is 38.1 Å². The van der Waals surface area contributed by atoms with E-state index in [1.54, 1.807) is 0 Å². The van der Waals surface area contributed by atoms with Crippen LogP contribution >= 0.6 is 0 Å². The highest BCUT2D eigenvalue weighted by molar-refractivity contribution is 5.55. The van der Waals surface area contributed by atoms with Crippen LogP contribution in [-0.4, -0.2) is 19.3 Å². The Morgan fingerprint density at radius 2 is 1.85 bits per heavy atom. The van der Waals surface area contributed by atoms with Gasteiger partial charge in [-0.05, 0) is 25.0 Å². The van der Waals surface area contributed by atoms with Crippen molar-refractivity contribution in [1.82, 2.24) is 0 Å². The highest BCUT2D eigenvalue weighted by Gasteiger charge is 2.25. The van der Waals surface area contributed by atoms with Gasteiger partial charge < -0.3 is 14.8 Å². The van der Waals surface area contributed by atoms with Gasteiger partial charge in [0.2, 0.25) is 0 Å². The molecular formula is C16H20N2O2. The lowest BCUT2D eigenvalue weighted by Crippen LogP contribution is -2.31. The molecule has 2 aliphatic rings. The summed E-state index contributed by atoms with van der Waals surface area (Å²) in [7, 11) is 0. The monoisotopic (exact) mass is 272 g/mol. The molecule has 1 aliphatic heterocycles. The second kappa shape index (κ2) is 6.04. The van der Waals surface area contributed by atoms with Crippen LogP contribution < -0.4 is 14.8 Å². The minimum atomic E-state index is 0.111. The van der Waals surface area contributed by atoms with Gasteiger partial charge in [-0.15, -0.1) is 0 Å². The molecule has 1 aliphatic carbocycles. The van der Waals surface area contributed by atoms with Crippen LogP contribution in [0.1, 0.15) is 32.1 Å². The second-order valence-corrected chi connectivity index (χ2v) is 5.48. The van der Waals surface area contributed by atoms with Gasteiger partial charge in [0, 0.05) is 24.2 Å². The van der Waals surface area contributed by atoms with Crippen LogP contribution in [-0.2, 0) is 0 Å². The average molecular weight is 272 g/mol. The van der Waals surface area contributed by atoms with Gasteiger partial charge >= 0.3 is 0 Å². The molecule has 1 fully saturated rings. The van der Waals surface area contributed by atoms with Crippen LogP contribution in [0.15, 0.2) is 18.2 Å². The molecule has 2 unspecified atom stereocenters. The summed E-state index contributed by atoms with van der Waals surface area (Å²) in [6.45, 7) is 1.40. The van der Waals surface area contributed by atoms with Crippen molar-refractivity contribution in [2.24, 2.45) is 5.92 Å². The SMILES string of the molecule is N#CC1CCCCC1Nc1ccc2c(c1)OCCCO2. The lowest BCUT2D eigenvalue weighted by Gasteiger charge is -2.28. The number of anilines is 1. The van der Waals surface area contributed by atoms with E-state index in [4.69, 9.17) is 9.47 Å². The fourth-order valence-electron chi connectivity index (χ4n) is 2.93. The number of benzene rings is 1. The quantitative estimate of drug-likeness (QED) is 0.897. The van der Waals surface area contributed by atoms with E-state index in [1.807, 2.05) is 18.2 Å². The topological polar surface area (TPSA) is 54.3 Å². The second-order valence-electron chi connectivity index (χ2n) is 5.48. The van der Waals surface area contributed by atoms with Crippen molar-refractivity contribution in [3.05, 3.63) is 18.2 Å². The molecule has 1 aromatic rings. The van der Waals surface area contributed by atoms with Gasteiger partial charge in [0.25, 0.3) is 0 Å². The number of rotatable bonds is 2. The molecule has 1 aromatic carbocycles. The maximum Gasteiger partial charge on any atom is 0.163 e. The van der Waals surface area contributed by atoms with Gasteiger partial charge in [-0.1, -0.05) is 12.8 Å². The molecule has 0 spiro atoms. The fourth-order valence-corrected chi connectivity index (χ4v) is 2.93. The van der Waals surface area contributed by atoms with Crippen LogP contribution in [0, 0.1) is 17.2 Å². The first-order chi connectivity index (χ1) is 9.86. The normalized spacial score (nSPS) is 25.4. The van der Waals surface area contributed by atoms with Crippen LogP contribution in [0.5, 0.6) is 11.5 Å². The molecule has 0 amide bonds. The molecular weight excluding hydrogens is 252 g/mol. The molecule has 4 nitrogen and oxygen atoms in total. The molecule has 2 atom stereocenters. The molecule has 1 heterocycles. The Balaban J connectivity index is 1.74. The smallest absolute Gasteiger partial charge is 0.163 e. The number of nitrogens with zero attached hydrogens (tertiary/aromatic N) is 1. The number of ether oxygens (including phenoxy) is 2. The van der Waals surface area contributed by atoms with E-state index >= 15 is 0 Å². The van der Waals surface area contributed by atoms with Crippen LogP contribution in [0.2, 0.25) is 0 Å². The largest absolute Gasteiger partial charge is 0.490 e. The molecule has 106 valence electrons. The Hall–Kier alpha value is -1.89. The fraction of sp³-hybridized carbons (Fsp3) is 0.562. The van der Waals surface area contributed by atoms with E-state index in [1.165, 1.54) is 6.42 Å². The Bertz CT molecular complexity index is 510. The predicted molar refractivity (Wildman–Crippen MR) is 77.0 cm³/mol. The minimum Gasteiger partial charge on any atom is -0.490 e. The lowest BCUT2D eigenvalue weighted by atomic mass is 9.85. The van der Waals surface area contributed by atoms with Gasteiger partial charge in [-0.2, -0.15) is 5.26 Å². The third kappa shape index (κ3) is 2.82. The molecule has 0 aromatic heterocycles. The number of nitrogens with one attached hydrogen (secondary N) is 1. The first kappa shape index (κ1) is 13.1. The predicted octanol–water partition coefficient (Wildman–Crippen LogP) is 3.34. The minimum absolute atomic E-state index is 0.111. The van der Waals surface area contributed by atoms with Crippen LogP contribution in [0.4, 0.5) is 5.69 Å². The molecule has 3 rings (SSSR count). The Morgan fingerprint density at radius 3 is 2.70 bits per heavy atom. The first-order valence-corrected chi connectivity index (χ1v) is 7.42. The van der Waals surface area contributed by atoms with E-state index in [9.17, 15) is 5.26 Å². The third-order valence-corrected chi connectivity index (χ3v) is 4.03. The molecule has 4 heteroatoms. The van der Waals surface area contributed by atoms with E-state index in [0.29, 0.717) is 13.2 Å². The molecule has 1 saturated carbocycles. The van der Waals surface area contributed by atoms with Crippen LogP contribution in [0.3, 0.4) is 0 Å². The standard InChI is InChI=1S/C16H20N2O2/c17-11-12-4-1-2-5-14(12)18-13-6-7-15-16(10-13)20-9-3-8-19-15/h6-7,10,12,14,18H,1-5,8-9H2. The highest BCUT2D eigenvalue weighted by atomic mass is 16.5. The van der Waals surface area contributed by atoms with Crippen molar-refractivity contribution < 1.29 is 9.47 Å². The van der Waals surface area contributed by atoms with Gasteiger partial charge in [-0.25, -0.2) is 0 Å². The number of fused-ring (bicyclic) bond motifs is 1. The van der Waals surface area contributed by atoms with Crippen molar-refractivity contribution in [3.8, 4) is 17.6 Å². The number of hydrogen-bond donors (Lipinski definition) is 1. The highest BCUT2D eigenvalue weighted by Crippen LogP contribution is 2.34. The van der Waals surface area contributed by atoms with Crippen molar-refractivity contribution in [3.63, 3.8) is 0 Å². The zero-order chi connectivity index (χ0) is 13.8. The van der Waals surface area contributed by atoms with E-state index in [2.05, 4.69) is 11.4 Å². The molecule has 1 N–H and O–H groups in total. The van der Waals surface area contributed by atoms with Crippen molar-refractivity contribution in [1.29, 1.82) is 5.26 Å². The maximum atomic E-state index is 9.23. The van der Waals surface area contributed by atoms with Gasteiger partial charge in [0.15, 0.2) is 11.5 Å². The maximum absolute atomic E-state index is 9.23. The Kier molecular flexibility index (Phi) is 3.96. The van der Waals surface area contributed by atoms with Gasteiger partial charge in [-0.3, -0.25) is 0 Å². The zero-order valence-corrected chi connectivity index (χ0v) is 11.6. The number of hydrogen-bond acceptors (Lipinski definition) is 4. The van der Waals surface area contributed by atoms with Crippen LogP contribution in [0.25, 0.3) is 0 Å². The molecule has 0 radical (unpaired) electrons. The average Bonchev–Trinajstić information content (AvgIpc) is 2.72. The summed E-state index contributed by atoms with van der Waals surface area (Å²) < 4.78 is 11.3. The number of nitriles is 1. The Morgan fingerprint density at radius 1 is 1.05 bits per heavy atom. The summed E-state index contributed by atoms with van der Waals surface area (Å²) in [5.74, 6) is 1.73. The van der Waals surface area contributed by atoms with Gasteiger partial charge in [0.1, 0.15) is 0 Å². The summed E-state index contributed by atoms with van der Waals surface area (Å²) >= 11 is 0. The zero-order valence-electron chi connectivity index (χ0n) is 11.6. The van der Waals surface area contributed by atoms with Crippen molar-refractivity contribution in [2.75, 3.05) is 18.5 Å².